The third kappa shape index (κ3) is 2.70. The fraction of sp³-hybridized carbons (Fsp3) is 0.278. The number of nitrogen functional groups attached to an aromatic ring is 1. The van der Waals surface area contributed by atoms with Crippen molar-refractivity contribution in [1.82, 2.24) is 20.2 Å². The number of aromatic amines is 1. The second-order valence-electron chi connectivity index (χ2n) is 6.23. The molecule has 0 bridgehead atoms. The Bertz CT molecular complexity index is 760. The van der Waals surface area contributed by atoms with Gasteiger partial charge in [-0.15, -0.1) is 0 Å². The molecule has 0 saturated carbocycles. The van der Waals surface area contributed by atoms with Gasteiger partial charge >= 0.3 is 0 Å². The Kier molecular flexibility index (Phi) is 3.86. The minimum absolute atomic E-state index is 0.118. The third-order valence-corrected chi connectivity index (χ3v) is 4.70. The lowest BCUT2D eigenvalue weighted by atomic mass is 9.71. The van der Waals surface area contributed by atoms with Crippen molar-refractivity contribution < 1.29 is 0 Å². The molecule has 0 amide bonds. The summed E-state index contributed by atoms with van der Waals surface area (Å²) < 4.78 is 0. The van der Waals surface area contributed by atoms with Crippen molar-refractivity contribution >= 4 is 5.95 Å². The van der Waals surface area contributed by atoms with Crippen molar-refractivity contribution in [2.45, 2.75) is 26.2 Å². The van der Waals surface area contributed by atoms with Crippen LogP contribution in [0, 0.1) is 5.92 Å². The van der Waals surface area contributed by atoms with Gasteiger partial charge in [-0.3, -0.25) is 5.10 Å². The number of hydrogen-bond donors (Lipinski definition) is 2. The summed E-state index contributed by atoms with van der Waals surface area (Å²) in [6.45, 7) is 6.69. The molecule has 0 aliphatic carbocycles. The van der Waals surface area contributed by atoms with E-state index >= 15 is 0 Å². The van der Waals surface area contributed by atoms with Crippen LogP contribution >= 0.6 is 0 Å². The van der Waals surface area contributed by atoms with E-state index in [1.54, 1.807) is 18.6 Å². The van der Waals surface area contributed by atoms with Gasteiger partial charge in [0.15, 0.2) is 0 Å². The summed E-state index contributed by atoms with van der Waals surface area (Å²) in [7, 11) is 0. The Hall–Kier alpha value is -2.69. The van der Waals surface area contributed by atoms with E-state index in [0.717, 1.165) is 16.8 Å². The molecule has 0 unspecified atom stereocenters. The van der Waals surface area contributed by atoms with Gasteiger partial charge in [0.1, 0.15) is 0 Å². The van der Waals surface area contributed by atoms with Crippen molar-refractivity contribution in [1.29, 1.82) is 0 Å². The molecule has 0 spiro atoms. The van der Waals surface area contributed by atoms with Crippen molar-refractivity contribution in [3.05, 3.63) is 60.2 Å². The van der Waals surface area contributed by atoms with Gasteiger partial charge in [-0.25, -0.2) is 9.97 Å². The van der Waals surface area contributed by atoms with Crippen LogP contribution in [-0.2, 0) is 5.41 Å². The van der Waals surface area contributed by atoms with E-state index in [-0.39, 0.29) is 11.4 Å². The third-order valence-electron chi connectivity index (χ3n) is 4.70. The zero-order chi connectivity index (χ0) is 16.4. The Morgan fingerprint density at radius 3 is 2.17 bits per heavy atom. The van der Waals surface area contributed by atoms with E-state index in [2.05, 4.69) is 65.2 Å². The highest BCUT2D eigenvalue weighted by molar-refractivity contribution is 5.62. The maximum atomic E-state index is 5.54. The fourth-order valence-corrected chi connectivity index (χ4v) is 2.84. The van der Waals surface area contributed by atoms with Gasteiger partial charge in [-0.1, -0.05) is 38.1 Å². The first-order valence-electron chi connectivity index (χ1n) is 7.70. The summed E-state index contributed by atoms with van der Waals surface area (Å²) in [6.07, 6.45) is 5.29. The van der Waals surface area contributed by atoms with E-state index in [1.807, 2.05) is 6.07 Å². The number of hydrogen-bond acceptors (Lipinski definition) is 4. The zero-order valence-corrected chi connectivity index (χ0v) is 13.6. The predicted molar refractivity (Wildman–Crippen MR) is 91.8 cm³/mol. The summed E-state index contributed by atoms with van der Waals surface area (Å²) in [6, 6.07) is 10.6. The molecular formula is C18H21N5. The number of aromatic nitrogens is 4. The van der Waals surface area contributed by atoms with Gasteiger partial charge in [0.2, 0.25) is 5.95 Å². The van der Waals surface area contributed by atoms with Gasteiger partial charge in [0.05, 0.1) is 0 Å². The van der Waals surface area contributed by atoms with E-state index in [9.17, 15) is 0 Å². The average molecular weight is 307 g/mol. The molecule has 5 nitrogen and oxygen atoms in total. The van der Waals surface area contributed by atoms with E-state index in [0.29, 0.717) is 5.92 Å². The molecule has 0 radical (unpaired) electrons. The lowest BCUT2D eigenvalue weighted by molar-refractivity contribution is 0.394. The number of nitrogens with one attached hydrogen (secondary N) is 1. The monoisotopic (exact) mass is 307 g/mol. The topological polar surface area (TPSA) is 80.5 Å². The first-order chi connectivity index (χ1) is 11.0. The van der Waals surface area contributed by atoms with Crippen LogP contribution in [0.2, 0.25) is 0 Å². The van der Waals surface area contributed by atoms with Gasteiger partial charge < -0.3 is 5.73 Å². The van der Waals surface area contributed by atoms with Crippen LogP contribution < -0.4 is 5.73 Å². The summed E-state index contributed by atoms with van der Waals surface area (Å²) >= 11 is 0. The number of nitrogens with two attached hydrogens (primary N) is 1. The van der Waals surface area contributed by atoms with E-state index in [4.69, 9.17) is 5.73 Å². The van der Waals surface area contributed by atoms with Crippen LogP contribution in [0.15, 0.2) is 48.9 Å². The Morgan fingerprint density at radius 1 is 1.00 bits per heavy atom. The first-order valence-corrected chi connectivity index (χ1v) is 7.70. The van der Waals surface area contributed by atoms with Crippen LogP contribution in [0.3, 0.4) is 0 Å². The smallest absolute Gasteiger partial charge is 0.219 e. The number of H-pyrrole nitrogens is 1. The maximum Gasteiger partial charge on any atom is 0.219 e. The molecule has 23 heavy (non-hydrogen) atoms. The number of nitrogens with zero attached hydrogens (tertiary/aromatic N) is 3. The molecule has 0 aliphatic rings. The fourth-order valence-electron chi connectivity index (χ4n) is 2.84. The van der Waals surface area contributed by atoms with E-state index < -0.39 is 0 Å². The predicted octanol–water partition coefficient (Wildman–Crippen LogP) is 3.41. The molecule has 3 rings (SSSR count). The number of anilines is 1. The van der Waals surface area contributed by atoms with Crippen LogP contribution in [-0.4, -0.2) is 20.2 Å². The number of benzene rings is 1. The molecule has 1 aromatic carbocycles. The molecular weight excluding hydrogens is 286 g/mol. The molecule has 1 atom stereocenters. The summed E-state index contributed by atoms with van der Waals surface area (Å²) in [4.78, 5) is 8.10. The second kappa shape index (κ2) is 5.83. The molecule has 0 aliphatic heterocycles. The molecule has 2 aromatic heterocycles. The van der Waals surface area contributed by atoms with Crippen molar-refractivity contribution in [3.8, 4) is 11.1 Å². The Morgan fingerprint density at radius 2 is 1.65 bits per heavy atom. The lowest BCUT2D eigenvalue weighted by Crippen LogP contribution is -2.30. The Labute approximate surface area is 136 Å². The minimum atomic E-state index is -0.118. The molecule has 3 aromatic rings. The molecule has 0 fully saturated rings. The van der Waals surface area contributed by atoms with Crippen LogP contribution in [0.1, 0.15) is 32.0 Å². The SMILES string of the molecule is CC(C)[C@](C)(c1ccc(-c2cnc(N)nc2)cc1)c1ccn[nH]1. The maximum absolute atomic E-state index is 5.54. The first kappa shape index (κ1) is 15.2. The minimum Gasteiger partial charge on any atom is -0.368 e. The zero-order valence-electron chi connectivity index (χ0n) is 13.6. The lowest BCUT2D eigenvalue weighted by Gasteiger charge is -2.33. The molecule has 3 N–H and O–H groups in total. The van der Waals surface area contributed by atoms with Gasteiger partial charge in [0.25, 0.3) is 0 Å². The van der Waals surface area contributed by atoms with E-state index in [1.165, 1.54) is 5.56 Å². The summed E-state index contributed by atoms with van der Waals surface area (Å²) in [5, 5.41) is 7.24. The van der Waals surface area contributed by atoms with Gasteiger partial charge in [-0.2, -0.15) is 5.10 Å². The quantitative estimate of drug-likeness (QED) is 0.774. The molecule has 0 saturated heterocycles. The standard InChI is InChI=1S/C18H21N5/c1-12(2)18(3,16-8-9-22-23-16)15-6-4-13(5-7-15)14-10-20-17(19)21-11-14/h4-12H,1-3H3,(H,22,23)(H2,19,20,21)/t18-/m1/s1. The average Bonchev–Trinajstić information content (AvgIpc) is 3.10. The second-order valence-corrected chi connectivity index (χ2v) is 6.23. The Balaban J connectivity index is 1.99. The number of rotatable bonds is 4. The summed E-state index contributed by atoms with van der Waals surface area (Å²) in [5.41, 5.74) is 9.82. The van der Waals surface area contributed by atoms with Crippen LogP contribution in [0.4, 0.5) is 5.95 Å². The largest absolute Gasteiger partial charge is 0.368 e. The highest BCUT2D eigenvalue weighted by Crippen LogP contribution is 2.38. The molecule has 2 heterocycles. The summed E-state index contributed by atoms with van der Waals surface area (Å²) in [5.74, 6) is 0.714. The molecule has 5 heteroatoms. The van der Waals surface area contributed by atoms with Crippen LogP contribution in [0.5, 0.6) is 0 Å². The highest BCUT2D eigenvalue weighted by Gasteiger charge is 2.33. The van der Waals surface area contributed by atoms with Gasteiger partial charge in [0, 0.05) is 35.3 Å². The van der Waals surface area contributed by atoms with Crippen molar-refractivity contribution in [2.75, 3.05) is 5.73 Å². The normalized spacial score (nSPS) is 13.9. The van der Waals surface area contributed by atoms with Gasteiger partial charge in [-0.05, 0) is 30.0 Å². The molecule has 118 valence electrons. The van der Waals surface area contributed by atoms with Crippen LogP contribution in [0.25, 0.3) is 11.1 Å². The van der Waals surface area contributed by atoms with Crippen molar-refractivity contribution in [3.63, 3.8) is 0 Å². The van der Waals surface area contributed by atoms with Crippen molar-refractivity contribution in [2.24, 2.45) is 5.92 Å². The highest BCUT2D eigenvalue weighted by atomic mass is 15.1.